The largest absolute Gasteiger partial charge is 0.463 e. The molecule has 0 saturated heterocycles. The highest BCUT2D eigenvalue weighted by Crippen LogP contribution is 2.16. The van der Waals surface area contributed by atoms with Gasteiger partial charge in [0.2, 0.25) is 0 Å². The maximum Gasteiger partial charge on any atom is 0.330 e. The summed E-state index contributed by atoms with van der Waals surface area (Å²) in [7, 11) is 0. The minimum atomic E-state index is -1.37. The molecule has 0 amide bonds. The Labute approximate surface area is 156 Å². The van der Waals surface area contributed by atoms with Crippen molar-refractivity contribution in [1.29, 1.82) is 0 Å². The Balaban J connectivity index is 5.77. The molecule has 10 heteroatoms. The van der Waals surface area contributed by atoms with Gasteiger partial charge in [0.15, 0.2) is 18.3 Å². The van der Waals surface area contributed by atoms with Gasteiger partial charge in [-0.3, -0.25) is 19.2 Å². The van der Waals surface area contributed by atoms with Crippen LogP contribution >= 0.6 is 0 Å². The third-order valence-corrected chi connectivity index (χ3v) is 2.77. The highest BCUT2D eigenvalue weighted by atomic mass is 16.6. The molecule has 0 aromatic rings. The van der Waals surface area contributed by atoms with Gasteiger partial charge in [0.25, 0.3) is 0 Å². The number of carbonyl (C=O) groups excluding carboxylic acids is 5. The van der Waals surface area contributed by atoms with Crippen LogP contribution in [0.25, 0.3) is 0 Å². The Morgan fingerprint density at radius 1 is 0.778 bits per heavy atom. The maximum atomic E-state index is 11.5. The maximum absolute atomic E-state index is 11.5. The Kier molecular flexibility index (Phi) is 11.1. The second-order valence-corrected chi connectivity index (χ2v) is 5.21. The number of hydrogen-bond acceptors (Lipinski definition) is 10. The van der Waals surface area contributed by atoms with E-state index in [1.807, 2.05) is 0 Å². The van der Waals surface area contributed by atoms with Crippen LogP contribution in [-0.2, 0) is 47.7 Å². The third-order valence-electron chi connectivity index (χ3n) is 2.77. The van der Waals surface area contributed by atoms with Crippen LogP contribution in [0.15, 0.2) is 12.2 Å². The van der Waals surface area contributed by atoms with Crippen molar-refractivity contribution in [3.05, 3.63) is 12.2 Å². The summed E-state index contributed by atoms with van der Waals surface area (Å²) in [6.45, 7) is 5.69. The van der Waals surface area contributed by atoms with E-state index in [-0.39, 0.29) is 6.61 Å². The monoisotopic (exact) mass is 388 g/mol. The molecule has 10 nitrogen and oxygen atoms in total. The molecule has 0 fully saturated rings. The van der Waals surface area contributed by atoms with Crippen molar-refractivity contribution in [2.45, 2.75) is 52.9 Å². The quantitative estimate of drug-likeness (QED) is 0.295. The molecule has 3 atom stereocenters. The average Bonchev–Trinajstić information content (AvgIpc) is 2.52. The van der Waals surface area contributed by atoms with Crippen molar-refractivity contribution in [3.8, 4) is 0 Å². The lowest BCUT2D eigenvalue weighted by Gasteiger charge is -2.30. The van der Waals surface area contributed by atoms with Crippen molar-refractivity contribution >= 4 is 29.8 Å². The fraction of sp³-hybridized carbons (Fsp3) is 0.588. The summed E-state index contributed by atoms with van der Waals surface area (Å²) in [6.07, 6.45) is -1.87. The molecule has 0 unspecified atom stereocenters. The van der Waals surface area contributed by atoms with Crippen molar-refractivity contribution in [3.63, 3.8) is 0 Å². The smallest absolute Gasteiger partial charge is 0.330 e. The predicted molar refractivity (Wildman–Crippen MR) is 89.1 cm³/mol. The molecule has 0 aromatic heterocycles. The van der Waals surface area contributed by atoms with Gasteiger partial charge in [0.1, 0.15) is 6.61 Å². The van der Waals surface area contributed by atoms with E-state index in [1.54, 1.807) is 6.92 Å². The fourth-order valence-electron chi connectivity index (χ4n) is 1.93. The molecule has 0 spiro atoms. The van der Waals surface area contributed by atoms with E-state index in [0.29, 0.717) is 0 Å². The zero-order chi connectivity index (χ0) is 21.0. The molecule has 152 valence electrons. The van der Waals surface area contributed by atoms with Crippen LogP contribution in [0, 0.1) is 0 Å². The average molecular weight is 388 g/mol. The first-order valence-corrected chi connectivity index (χ1v) is 8.06. The molecule has 27 heavy (non-hydrogen) atoms. The summed E-state index contributed by atoms with van der Waals surface area (Å²) in [5.74, 6) is -3.67. The van der Waals surface area contributed by atoms with Crippen LogP contribution < -0.4 is 0 Å². The Bertz CT molecular complexity index is 580. The summed E-state index contributed by atoms with van der Waals surface area (Å²) in [5.41, 5.74) is 0. The number of esters is 5. The lowest BCUT2D eigenvalue weighted by Crippen LogP contribution is -2.46. The van der Waals surface area contributed by atoms with Gasteiger partial charge < -0.3 is 23.7 Å². The Hall–Kier alpha value is -2.91. The molecule has 0 N–H and O–H groups in total. The van der Waals surface area contributed by atoms with Gasteiger partial charge in [-0.25, -0.2) is 4.79 Å². The van der Waals surface area contributed by atoms with Gasteiger partial charge in [-0.1, -0.05) is 0 Å². The second-order valence-electron chi connectivity index (χ2n) is 5.21. The highest BCUT2D eigenvalue weighted by Gasteiger charge is 2.36. The molecule has 0 bridgehead atoms. The number of rotatable bonds is 10. The van der Waals surface area contributed by atoms with E-state index < -0.39 is 54.8 Å². The third kappa shape index (κ3) is 11.3. The molecular weight excluding hydrogens is 364 g/mol. The van der Waals surface area contributed by atoms with Gasteiger partial charge in [-0.2, -0.15) is 0 Å². The molecule has 0 aromatic carbocycles. The molecule has 0 rings (SSSR count). The molecule has 0 aliphatic carbocycles. The van der Waals surface area contributed by atoms with Crippen LogP contribution in [0.5, 0.6) is 0 Å². The summed E-state index contributed by atoms with van der Waals surface area (Å²) < 4.78 is 24.8. The van der Waals surface area contributed by atoms with Gasteiger partial charge in [-0.05, 0) is 13.0 Å². The molecular formula is C17H24O10. The molecule has 0 saturated carbocycles. The van der Waals surface area contributed by atoms with Crippen molar-refractivity contribution < 1.29 is 47.7 Å². The molecule has 0 heterocycles. The van der Waals surface area contributed by atoms with Gasteiger partial charge >= 0.3 is 29.8 Å². The van der Waals surface area contributed by atoms with Crippen LogP contribution in [0.2, 0.25) is 0 Å². The van der Waals surface area contributed by atoms with E-state index >= 15 is 0 Å². The minimum Gasteiger partial charge on any atom is -0.463 e. The molecule has 0 aliphatic rings. The van der Waals surface area contributed by atoms with Gasteiger partial charge in [0, 0.05) is 33.8 Å². The van der Waals surface area contributed by atoms with E-state index in [2.05, 4.69) is 0 Å². The second kappa shape index (κ2) is 12.4. The van der Waals surface area contributed by atoms with Crippen molar-refractivity contribution in [2.75, 3.05) is 13.2 Å². The summed E-state index contributed by atoms with van der Waals surface area (Å²) in [4.78, 5) is 56.9. The lowest BCUT2D eigenvalue weighted by molar-refractivity contribution is -0.185. The lowest BCUT2D eigenvalue weighted by atomic mass is 10.1. The summed E-state index contributed by atoms with van der Waals surface area (Å²) in [5, 5.41) is 0. The van der Waals surface area contributed by atoms with Crippen LogP contribution in [0.3, 0.4) is 0 Å². The van der Waals surface area contributed by atoms with Crippen LogP contribution in [0.1, 0.15) is 34.6 Å². The first kappa shape index (κ1) is 24.1. The topological polar surface area (TPSA) is 132 Å². The summed E-state index contributed by atoms with van der Waals surface area (Å²) >= 11 is 0. The minimum absolute atomic E-state index is 0.122. The first-order valence-electron chi connectivity index (χ1n) is 8.06. The van der Waals surface area contributed by atoms with E-state index in [9.17, 15) is 24.0 Å². The fourth-order valence-corrected chi connectivity index (χ4v) is 1.93. The van der Waals surface area contributed by atoms with Crippen LogP contribution in [0.4, 0.5) is 0 Å². The molecule has 0 radical (unpaired) electrons. The van der Waals surface area contributed by atoms with Crippen molar-refractivity contribution in [2.24, 2.45) is 0 Å². The van der Waals surface area contributed by atoms with Gasteiger partial charge in [0.05, 0.1) is 6.61 Å². The number of carbonyl (C=O) groups is 5. The predicted octanol–water partition coefficient (Wildman–Crippen LogP) is 0.464. The van der Waals surface area contributed by atoms with Gasteiger partial charge in [-0.15, -0.1) is 0 Å². The normalized spacial score (nSPS) is 13.8. The van der Waals surface area contributed by atoms with E-state index in [0.717, 1.165) is 39.8 Å². The molecule has 0 aliphatic heterocycles. The SMILES string of the molecule is CCOC(=O)/C=C/[C@H](OC(C)=O)[C@@H](OC(C)=O)[C@H](COC(C)=O)OC(C)=O. The summed E-state index contributed by atoms with van der Waals surface area (Å²) in [6, 6.07) is 0. The zero-order valence-electron chi connectivity index (χ0n) is 15.9. The van der Waals surface area contributed by atoms with E-state index in [1.165, 1.54) is 0 Å². The number of hydrogen-bond donors (Lipinski definition) is 0. The zero-order valence-corrected chi connectivity index (χ0v) is 15.9. The first-order chi connectivity index (χ1) is 12.6. The highest BCUT2D eigenvalue weighted by molar-refractivity contribution is 5.82. The standard InChI is InChI=1S/C17H24O10/c1-6-23-16(22)8-7-14(25-11(3)19)17(27-13(5)21)15(26-12(4)20)9-24-10(2)18/h7-8,14-15,17H,6,9H2,1-5H3/b8-7+/t14-,15-,17+/m0/s1. The van der Waals surface area contributed by atoms with E-state index in [4.69, 9.17) is 23.7 Å². The Morgan fingerprint density at radius 2 is 1.33 bits per heavy atom. The Morgan fingerprint density at radius 3 is 1.78 bits per heavy atom. The number of ether oxygens (including phenoxy) is 5. The van der Waals surface area contributed by atoms with Crippen LogP contribution in [-0.4, -0.2) is 61.4 Å². The van der Waals surface area contributed by atoms with Crippen molar-refractivity contribution in [1.82, 2.24) is 0 Å².